The van der Waals surface area contributed by atoms with Gasteiger partial charge in [0.1, 0.15) is 11.5 Å². The van der Waals surface area contributed by atoms with E-state index >= 15 is 0 Å². The quantitative estimate of drug-likeness (QED) is 0.476. The highest BCUT2D eigenvalue weighted by Crippen LogP contribution is 2.33. The first-order chi connectivity index (χ1) is 12.9. The Kier molecular flexibility index (Phi) is 4.25. The Bertz CT molecular complexity index is 1150. The van der Waals surface area contributed by atoms with E-state index in [0.717, 1.165) is 52.2 Å². The van der Waals surface area contributed by atoms with Gasteiger partial charge in [0, 0.05) is 23.5 Å². The molecule has 4 aromatic rings. The lowest BCUT2D eigenvalue weighted by atomic mass is 9.95. The number of hydrogen-bond donors (Lipinski definition) is 0. The highest BCUT2D eigenvalue weighted by atomic mass is 19.1. The monoisotopic (exact) mass is 364 g/mol. The van der Waals surface area contributed by atoms with E-state index in [4.69, 9.17) is 10.1 Å². The maximum absolute atomic E-state index is 13.7. The predicted molar refractivity (Wildman–Crippen MR) is 108 cm³/mol. The summed E-state index contributed by atoms with van der Waals surface area (Å²) in [4.78, 5) is 4.89. The van der Waals surface area contributed by atoms with Gasteiger partial charge in [0.25, 0.3) is 0 Å². The minimum absolute atomic E-state index is 0.223. The van der Waals surface area contributed by atoms with Crippen molar-refractivity contribution in [1.82, 2.24) is 19.2 Å². The second-order valence-corrected chi connectivity index (χ2v) is 7.33. The van der Waals surface area contributed by atoms with Crippen molar-refractivity contribution >= 4 is 16.6 Å². The van der Waals surface area contributed by atoms with Crippen LogP contribution in [0.2, 0.25) is 0 Å². The molecule has 0 saturated carbocycles. The van der Waals surface area contributed by atoms with Crippen molar-refractivity contribution < 1.29 is 4.39 Å². The molecule has 0 aliphatic carbocycles. The molecule has 0 spiro atoms. The summed E-state index contributed by atoms with van der Waals surface area (Å²) in [5.41, 5.74) is 7.06. The molecule has 4 rings (SSSR count). The highest BCUT2D eigenvalue weighted by molar-refractivity contribution is 5.87. The van der Waals surface area contributed by atoms with Gasteiger partial charge < -0.3 is 4.57 Å². The lowest BCUT2D eigenvalue weighted by Crippen LogP contribution is -2.05. The number of nitrogens with zero attached hydrogens (tertiary/aromatic N) is 4. The summed E-state index contributed by atoms with van der Waals surface area (Å²) in [6.45, 7) is 8.49. The van der Waals surface area contributed by atoms with Crippen molar-refractivity contribution in [3.63, 3.8) is 0 Å². The molecule has 0 N–H and O–H groups in total. The number of aromatic nitrogens is 4. The average molecular weight is 364 g/mol. The molecule has 0 bridgehead atoms. The van der Waals surface area contributed by atoms with E-state index in [0.29, 0.717) is 5.92 Å². The molecule has 4 nitrogen and oxygen atoms in total. The lowest BCUT2D eigenvalue weighted by molar-refractivity contribution is 0.629. The van der Waals surface area contributed by atoms with Gasteiger partial charge in [-0.2, -0.15) is 5.10 Å². The van der Waals surface area contributed by atoms with Gasteiger partial charge in [0.05, 0.1) is 17.1 Å². The molecule has 3 aromatic heterocycles. The molecule has 0 radical (unpaired) electrons. The van der Waals surface area contributed by atoms with E-state index in [1.807, 2.05) is 37.5 Å². The Balaban J connectivity index is 2.03. The minimum atomic E-state index is -0.223. The zero-order chi connectivity index (χ0) is 19.3. The predicted octanol–water partition coefficient (Wildman–Crippen LogP) is 5.55. The maximum Gasteiger partial charge on any atom is 0.158 e. The first-order valence-electron chi connectivity index (χ1n) is 9.56. The molecule has 1 aromatic carbocycles. The Labute approximate surface area is 158 Å². The van der Waals surface area contributed by atoms with Crippen LogP contribution < -0.4 is 0 Å². The molecule has 3 heterocycles. The first-order valence-corrected chi connectivity index (χ1v) is 9.56. The van der Waals surface area contributed by atoms with Gasteiger partial charge in [0.15, 0.2) is 5.65 Å². The van der Waals surface area contributed by atoms with Crippen LogP contribution in [0.5, 0.6) is 0 Å². The second-order valence-electron chi connectivity index (χ2n) is 7.33. The van der Waals surface area contributed by atoms with Crippen molar-refractivity contribution in [3.8, 4) is 11.4 Å². The standard InChI is InChI=1S/C22H25FN4/c1-6-15(7-2)18-10-13(3)25-27-21(14(4)24-22(18)27)20-12-16-11-17(23)8-9-19(16)26(20)5/h8-12,15H,6-7H2,1-5H3. The van der Waals surface area contributed by atoms with Crippen LogP contribution in [0.25, 0.3) is 27.9 Å². The minimum Gasteiger partial charge on any atom is -0.342 e. The summed E-state index contributed by atoms with van der Waals surface area (Å²) in [6.07, 6.45) is 2.15. The molecular weight excluding hydrogens is 339 g/mol. The van der Waals surface area contributed by atoms with Crippen LogP contribution in [0.1, 0.15) is 49.6 Å². The number of fused-ring (bicyclic) bond motifs is 2. The van der Waals surface area contributed by atoms with Crippen LogP contribution in [0.4, 0.5) is 4.39 Å². The molecule has 140 valence electrons. The third-order valence-electron chi connectivity index (χ3n) is 5.58. The van der Waals surface area contributed by atoms with Gasteiger partial charge in [-0.25, -0.2) is 13.9 Å². The van der Waals surface area contributed by atoms with Crippen molar-refractivity contribution in [2.24, 2.45) is 7.05 Å². The Hall–Kier alpha value is -2.69. The van der Waals surface area contributed by atoms with E-state index in [1.165, 1.54) is 11.6 Å². The molecule has 0 aliphatic rings. The lowest BCUT2D eigenvalue weighted by Gasteiger charge is -2.15. The van der Waals surface area contributed by atoms with Crippen molar-refractivity contribution in [2.45, 2.75) is 46.5 Å². The number of rotatable bonds is 4. The fourth-order valence-corrected chi connectivity index (χ4v) is 4.15. The van der Waals surface area contributed by atoms with Crippen LogP contribution in [0.15, 0.2) is 30.3 Å². The fourth-order valence-electron chi connectivity index (χ4n) is 4.15. The average Bonchev–Trinajstić information content (AvgIpc) is 3.12. The van der Waals surface area contributed by atoms with Crippen LogP contribution in [-0.2, 0) is 7.05 Å². The van der Waals surface area contributed by atoms with Crippen molar-refractivity contribution in [1.29, 1.82) is 0 Å². The molecule has 0 saturated heterocycles. The van der Waals surface area contributed by atoms with Crippen LogP contribution in [0, 0.1) is 19.7 Å². The topological polar surface area (TPSA) is 35.1 Å². The van der Waals surface area contributed by atoms with E-state index in [2.05, 4.69) is 24.5 Å². The highest BCUT2D eigenvalue weighted by Gasteiger charge is 2.21. The van der Waals surface area contributed by atoms with Gasteiger partial charge in [-0.1, -0.05) is 13.8 Å². The maximum atomic E-state index is 13.7. The smallest absolute Gasteiger partial charge is 0.158 e. The molecule has 5 heteroatoms. The summed E-state index contributed by atoms with van der Waals surface area (Å²) in [7, 11) is 2.01. The summed E-state index contributed by atoms with van der Waals surface area (Å²) >= 11 is 0. The van der Waals surface area contributed by atoms with E-state index in [1.54, 1.807) is 6.07 Å². The largest absolute Gasteiger partial charge is 0.342 e. The molecule has 27 heavy (non-hydrogen) atoms. The molecule has 0 aliphatic heterocycles. The summed E-state index contributed by atoms with van der Waals surface area (Å²) in [6, 6.07) is 9.09. The molecule has 0 atom stereocenters. The molecular formula is C22H25FN4. The molecule has 0 fully saturated rings. The first kappa shape index (κ1) is 17.7. The normalized spacial score (nSPS) is 12.0. The molecule has 0 amide bonds. The van der Waals surface area contributed by atoms with Gasteiger partial charge in [-0.3, -0.25) is 0 Å². The SMILES string of the molecule is CCC(CC)c1cc(C)nn2c(-c3cc4cc(F)ccc4n3C)c(C)nc12. The van der Waals surface area contributed by atoms with Gasteiger partial charge in [-0.05, 0) is 62.9 Å². The number of aryl methyl sites for hydroxylation is 3. The van der Waals surface area contributed by atoms with Gasteiger partial charge in [-0.15, -0.1) is 0 Å². The summed E-state index contributed by atoms with van der Waals surface area (Å²) < 4.78 is 17.8. The number of benzene rings is 1. The molecule has 0 unspecified atom stereocenters. The number of halogens is 1. The Morgan fingerprint density at radius 3 is 2.52 bits per heavy atom. The number of hydrogen-bond acceptors (Lipinski definition) is 2. The van der Waals surface area contributed by atoms with Gasteiger partial charge in [0.2, 0.25) is 0 Å². The van der Waals surface area contributed by atoms with E-state index < -0.39 is 0 Å². The summed E-state index contributed by atoms with van der Waals surface area (Å²) in [5, 5.41) is 5.66. The van der Waals surface area contributed by atoms with Crippen LogP contribution in [-0.4, -0.2) is 19.2 Å². The van der Waals surface area contributed by atoms with Crippen LogP contribution in [0.3, 0.4) is 0 Å². The Morgan fingerprint density at radius 1 is 1.07 bits per heavy atom. The summed E-state index contributed by atoms with van der Waals surface area (Å²) in [5.74, 6) is 0.241. The van der Waals surface area contributed by atoms with E-state index in [9.17, 15) is 4.39 Å². The van der Waals surface area contributed by atoms with Crippen LogP contribution >= 0.6 is 0 Å². The number of imidazole rings is 1. The zero-order valence-electron chi connectivity index (χ0n) is 16.5. The van der Waals surface area contributed by atoms with Crippen molar-refractivity contribution in [2.75, 3.05) is 0 Å². The fraction of sp³-hybridized carbons (Fsp3) is 0.364. The zero-order valence-corrected chi connectivity index (χ0v) is 16.5. The second kappa shape index (κ2) is 6.48. The van der Waals surface area contributed by atoms with Crippen molar-refractivity contribution in [3.05, 3.63) is 53.1 Å². The third kappa shape index (κ3) is 2.73. The van der Waals surface area contributed by atoms with Gasteiger partial charge >= 0.3 is 0 Å². The third-order valence-corrected chi connectivity index (χ3v) is 5.58. The Morgan fingerprint density at radius 2 is 1.81 bits per heavy atom. The van der Waals surface area contributed by atoms with E-state index in [-0.39, 0.29) is 5.82 Å².